The van der Waals surface area contributed by atoms with E-state index < -0.39 is 5.97 Å². The first-order valence-electron chi connectivity index (χ1n) is 5.95. The Morgan fingerprint density at radius 3 is 2.58 bits per heavy atom. The molecule has 0 fully saturated rings. The van der Waals surface area contributed by atoms with Crippen molar-refractivity contribution in [2.75, 3.05) is 6.61 Å². The monoisotopic (exact) mass is 261 g/mol. The van der Waals surface area contributed by atoms with Gasteiger partial charge in [0, 0.05) is 6.42 Å². The van der Waals surface area contributed by atoms with Gasteiger partial charge in [0.2, 0.25) is 0 Å². The van der Waals surface area contributed by atoms with Crippen LogP contribution >= 0.6 is 0 Å². The number of carbonyl (C=O) groups is 2. The molecule has 0 bridgehead atoms. The Kier molecular flexibility index (Phi) is 5.55. The minimum absolute atomic E-state index is 0.00622. The molecule has 0 spiro atoms. The molecule has 5 nitrogen and oxygen atoms in total. The number of ether oxygens (including phenoxy) is 1. The van der Waals surface area contributed by atoms with Gasteiger partial charge in [0.05, 0.1) is 24.7 Å². The second kappa shape index (κ2) is 7.17. The summed E-state index contributed by atoms with van der Waals surface area (Å²) in [5.74, 6) is -1.25. The van der Waals surface area contributed by atoms with Gasteiger partial charge in [-0.3, -0.25) is 9.59 Å². The zero-order valence-electron chi connectivity index (χ0n) is 10.7. The van der Waals surface area contributed by atoms with E-state index in [0.29, 0.717) is 24.2 Å². The van der Waals surface area contributed by atoms with Gasteiger partial charge < -0.3 is 9.84 Å². The fourth-order valence-electron chi connectivity index (χ4n) is 1.70. The van der Waals surface area contributed by atoms with E-state index in [1.165, 1.54) is 0 Å². The topological polar surface area (TPSA) is 87.4 Å². The number of carboxylic acid groups (broad SMARTS) is 1. The summed E-state index contributed by atoms with van der Waals surface area (Å²) in [7, 11) is 0. The van der Waals surface area contributed by atoms with Crippen LogP contribution < -0.4 is 0 Å². The van der Waals surface area contributed by atoms with E-state index >= 15 is 0 Å². The molecule has 0 saturated carbocycles. The molecule has 100 valence electrons. The van der Waals surface area contributed by atoms with E-state index in [4.69, 9.17) is 15.1 Å². The average molecular weight is 261 g/mol. The number of hydrogen-bond acceptors (Lipinski definition) is 4. The molecule has 19 heavy (non-hydrogen) atoms. The summed E-state index contributed by atoms with van der Waals surface area (Å²) in [4.78, 5) is 21.9. The number of aryl methyl sites for hydroxylation is 1. The Labute approximate surface area is 111 Å². The van der Waals surface area contributed by atoms with Crippen molar-refractivity contribution >= 4 is 11.9 Å². The van der Waals surface area contributed by atoms with Crippen LogP contribution in [-0.2, 0) is 27.2 Å². The highest BCUT2D eigenvalue weighted by atomic mass is 16.5. The fraction of sp³-hybridized carbons (Fsp3) is 0.357. The third-order valence-electron chi connectivity index (χ3n) is 2.46. The van der Waals surface area contributed by atoms with E-state index in [2.05, 4.69) is 0 Å². The minimum atomic E-state index is -0.894. The highest BCUT2D eigenvalue weighted by molar-refractivity contribution is 5.73. The Morgan fingerprint density at radius 1 is 1.32 bits per heavy atom. The summed E-state index contributed by atoms with van der Waals surface area (Å²) in [5, 5.41) is 17.6. The van der Waals surface area contributed by atoms with Crippen molar-refractivity contribution in [1.82, 2.24) is 0 Å². The molecule has 1 N–H and O–H groups in total. The molecule has 1 aromatic rings. The highest BCUT2D eigenvalue weighted by Gasteiger charge is 2.08. The Hall–Kier alpha value is -2.35. The lowest BCUT2D eigenvalue weighted by Crippen LogP contribution is -2.08. The molecule has 0 aliphatic heterocycles. The normalized spacial score (nSPS) is 9.68. The average Bonchev–Trinajstić information content (AvgIpc) is 2.36. The van der Waals surface area contributed by atoms with Gasteiger partial charge in [-0.2, -0.15) is 5.26 Å². The van der Waals surface area contributed by atoms with Crippen LogP contribution in [0, 0.1) is 11.3 Å². The first-order chi connectivity index (χ1) is 9.05. The lowest BCUT2D eigenvalue weighted by molar-refractivity contribution is -0.142. The molecule has 0 amide bonds. The van der Waals surface area contributed by atoms with Crippen LogP contribution in [0.3, 0.4) is 0 Å². The zero-order chi connectivity index (χ0) is 14.3. The number of esters is 1. The maximum absolute atomic E-state index is 11.4. The molecule has 0 aromatic heterocycles. The molecule has 0 unspecified atom stereocenters. The van der Waals surface area contributed by atoms with E-state index in [1.54, 1.807) is 25.1 Å². The van der Waals surface area contributed by atoms with Crippen LogP contribution in [0.1, 0.15) is 30.0 Å². The molecule has 1 aromatic carbocycles. The van der Waals surface area contributed by atoms with E-state index in [0.717, 1.165) is 5.56 Å². The van der Waals surface area contributed by atoms with Crippen molar-refractivity contribution in [2.24, 2.45) is 0 Å². The van der Waals surface area contributed by atoms with Crippen molar-refractivity contribution < 1.29 is 19.4 Å². The molecule has 5 heteroatoms. The summed E-state index contributed by atoms with van der Waals surface area (Å²) >= 11 is 0. The lowest BCUT2D eigenvalue weighted by Gasteiger charge is -2.06. The van der Waals surface area contributed by atoms with E-state index in [9.17, 15) is 9.59 Å². The molecule has 0 saturated heterocycles. The number of hydrogen-bond donors (Lipinski definition) is 1. The molecule has 0 aliphatic rings. The summed E-state index contributed by atoms with van der Waals surface area (Å²) in [6.07, 6.45) is 0.415. The molecule has 1 rings (SSSR count). The summed E-state index contributed by atoms with van der Waals surface area (Å²) in [6.45, 7) is 2.03. The second-order valence-electron chi connectivity index (χ2n) is 4.03. The minimum Gasteiger partial charge on any atom is -0.481 e. The van der Waals surface area contributed by atoms with Gasteiger partial charge in [0.1, 0.15) is 0 Å². The van der Waals surface area contributed by atoms with Crippen LogP contribution in [-0.4, -0.2) is 23.7 Å². The number of rotatable bonds is 6. The maximum atomic E-state index is 11.4. The number of carbonyl (C=O) groups excluding carboxylic acids is 1. The zero-order valence-corrected chi connectivity index (χ0v) is 10.7. The second-order valence-corrected chi connectivity index (χ2v) is 4.03. The number of nitrogens with zero attached hydrogens (tertiary/aromatic N) is 1. The molecular formula is C14H15NO4. The van der Waals surface area contributed by atoms with Crippen LogP contribution in [0.25, 0.3) is 0 Å². The van der Waals surface area contributed by atoms with Gasteiger partial charge in [-0.05, 0) is 36.6 Å². The van der Waals surface area contributed by atoms with Crippen LogP contribution in [0.4, 0.5) is 0 Å². The number of benzene rings is 1. The Morgan fingerprint density at radius 2 is 2.00 bits per heavy atom. The van der Waals surface area contributed by atoms with E-state index in [1.807, 2.05) is 6.07 Å². The molecule has 0 radical (unpaired) electrons. The van der Waals surface area contributed by atoms with Crippen molar-refractivity contribution in [3.8, 4) is 6.07 Å². The summed E-state index contributed by atoms with van der Waals surface area (Å²) < 4.78 is 4.84. The third-order valence-corrected chi connectivity index (χ3v) is 2.46. The summed E-state index contributed by atoms with van der Waals surface area (Å²) in [6, 6.07) is 6.99. The number of aliphatic carboxylic acids is 1. The molecule has 0 atom stereocenters. The van der Waals surface area contributed by atoms with E-state index in [-0.39, 0.29) is 18.8 Å². The first-order valence-corrected chi connectivity index (χ1v) is 5.95. The SMILES string of the molecule is CCOC(=O)Cc1cc(C#N)cc(CCC(=O)O)c1. The lowest BCUT2D eigenvalue weighted by atomic mass is 10.0. The Balaban J connectivity index is 2.86. The van der Waals surface area contributed by atoms with Gasteiger partial charge in [-0.15, -0.1) is 0 Å². The molecule has 0 aliphatic carbocycles. The largest absolute Gasteiger partial charge is 0.481 e. The molecular weight excluding hydrogens is 246 g/mol. The number of carboxylic acids is 1. The van der Waals surface area contributed by atoms with Crippen LogP contribution in [0.2, 0.25) is 0 Å². The third kappa shape index (κ3) is 5.21. The van der Waals surface area contributed by atoms with Gasteiger partial charge >= 0.3 is 11.9 Å². The first kappa shape index (κ1) is 14.7. The van der Waals surface area contributed by atoms with Gasteiger partial charge in [0.25, 0.3) is 0 Å². The van der Waals surface area contributed by atoms with Crippen LogP contribution in [0.5, 0.6) is 0 Å². The maximum Gasteiger partial charge on any atom is 0.310 e. The quantitative estimate of drug-likeness (QED) is 0.787. The smallest absolute Gasteiger partial charge is 0.310 e. The van der Waals surface area contributed by atoms with Crippen molar-refractivity contribution in [2.45, 2.75) is 26.2 Å². The van der Waals surface area contributed by atoms with Gasteiger partial charge in [0.15, 0.2) is 0 Å². The fourth-order valence-corrected chi connectivity index (χ4v) is 1.70. The van der Waals surface area contributed by atoms with Crippen LogP contribution in [0.15, 0.2) is 18.2 Å². The highest BCUT2D eigenvalue weighted by Crippen LogP contribution is 2.13. The Bertz CT molecular complexity index is 517. The van der Waals surface area contributed by atoms with Gasteiger partial charge in [-0.25, -0.2) is 0 Å². The van der Waals surface area contributed by atoms with Crippen molar-refractivity contribution in [3.63, 3.8) is 0 Å². The standard InChI is InChI=1S/C14H15NO4/c1-2-19-14(18)8-11-5-10(3-4-13(16)17)6-12(7-11)9-15/h5-7H,2-4,8H2,1H3,(H,16,17). The van der Waals surface area contributed by atoms with Crippen molar-refractivity contribution in [3.05, 3.63) is 34.9 Å². The number of nitriles is 1. The summed E-state index contributed by atoms with van der Waals surface area (Å²) in [5.41, 5.74) is 1.82. The van der Waals surface area contributed by atoms with Crippen molar-refractivity contribution in [1.29, 1.82) is 5.26 Å². The molecule has 0 heterocycles. The predicted molar refractivity (Wildman–Crippen MR) is 67.5 cm³/mol. The van der Waals surface area contributed by atoms with Gasteiger partial charge in [-0.1, -0.05) is 6.07 Å². The predicted octanol–water partition coefficient (Wildman–Crippen LogP) is 1.68.